The quantitative estimate of drug-likeness (QED) is 0.842. The number of hydrogen-bond donors (Lipinski definition) is 2. The number of nitrogens with one attached hydrogen (secondary N) is 1. The van der Waals surface area contributed by atoms with Crippen LogP contribution in [0.4, 0.5) is 9.18 Å². The second-order valence-electron chi connectivity index (χ2n) is 6.48. The fourth-order valence-electron chi connectivity index (χ4n) is 3.72. The molecule has 3 amide bonds. The van der Waals surface area contributed by atoms with Crippen LogP contribution in [-0.4, -0.2) is 28.5 Å². The molecule has 128 valence electrons. The van der Waals surface area contributed by atoms with Gasteiger partial charge in [0, 0.05) is 0 Å². The van der Waals surface area contributed by atoms with Crippen LogP contribution < -0.4 is 5.32 Å². The molecule has 1 heterocycles. The van der Waals surface area contributed by atoms with E-state index in [-0.39, 0.29) is 12.5 Å². The topological polar surface area (TPSA) is 69.6 Å². The first-order valence-electron chi connectivity index (χ1n) is 8.17. The summed E-state index contributed by atoms with van der Waals surface area (Å²) in [7, 11) is 0. The number of carbonyl (C=O) groups is 2. The Kier molecular flexibility index (Phi) is 3.58. The van der Waals surface area contributed by atoms with Crippen molar-refractivity contribution in [3.05, 3.63) is 71.0 Å². The maximum absolute atomic E-state index is 13.0. The summed E-state index contributed by atoms with van der Waals surface area (Å²) < 4.78 is 13.0. The van der Waals surface area contributed by atoms with Crippen LogP contribution in [-0.2, 0) is 16.8 Å². The van der Waals surface area contributed by atoms with Gasteiger partial charge in [0.1, 0.15) is 11.4 Å². The zero-order valence-electron chi connectivity index (χ0n) is 13.4. The van der Waals surface area contributed by atoms with Gasteiger partial charge in [-0.2, -0.15) is 0 Å². The molecule has 2 atom stereocenters. The van der Waals surface area contributed by atoms with E-state index >= 15 is 0 Å². The summed E-state index contributed by atoms with van der Waals surface area (Å²) in [5.74, 6) is -0.754. The highest BCUT2D eigenvalue weighted by atomic mass is 19.1. The van der Waals surface area contributed by atoms with E-state index in [0.29, 0.717) is 12.0 Å². The van der Waals surface area contributed by atoms with Crippen molar-refractivity contribution in [3.63, 3.8) is 0 Å². The highest BCUT2D eigenvalue weighted by Crippen LogP contribution is 2.41. The molecule has 5 nitrogen and oxygen atoms in total. The minimum Gasteiger partial charge on any atom is -0.387 e. The third-order valence-electron chi connectivity index (χ3n) is 5.03. The molecular formula is C19H17FN2O3. The van der Waals surface area contributed by atoms with Gasteiger partial charge in [0.05, 0.1) is 12.6 Å². The van der Waals surface area contributed by atoms with E-state index in [2.05, 4.69) is 5.32 Å². The monoisotopic (exact) mass is 340 g/mol. The van der Waals surface area contributed by atoms with Crippen molar-refractivity contribution in [2.45, 2.75) is 24.5 Å². The predicted molar refractivity (Wildman–Crippen MR) is 88.0 cm³/mol. The Morgan fingerprint density at radius 1 is 1.16 bits per heavy atom. The number of imide groups is 1. The van der Waals surface area contributed by atoms with Gasteiger partial charge >= 0.3 is 6.03 Å². The van der Waals surface area contributed by atoms with Gasteiger partial charge in [-0.25, -0.2) is 9.18 Å². The smallest absolute Gasteiger partial charge is 0.325 e. The molecule has 1 aliphatic heterocycles. The van der Waals surface area contributed by atoms with Gasteiger partial charge in [-0.3, -0.25) is 9.69 Å². The fraction of sp³-hybridized carbons (Fsp3) is 0.263. The molecule has 0 bridgehead atoms. The minimum absolute atomic E-state index is 0.166. The van der Waals surface area contributed by atoms with E-state index in [1.54, 1.807) is 0 Å². The van der Waals surface area contributed by atoms with Crippen LogP contribution in [0, 0.1) is 5.82 Å². The Morgan fingerprint density at radius 2 is 1.88 bits per heavy atom. The van der Waals surface area contributed by atoms with Crippen LogP contribution in [0.25, 0.3) is 0 Å². The minimum atomic E-state index is -1.07. The number of aliphatic hydroxyl groups excluding tert-OH is 1. The summed E-state index contributed by atoms with van der Waals surface area (Å²) >= 11 is 0. The number of aryl methyl sites for hydroxylation is 1. The van der Waals surface area contributed by atoms with Crippen molar-refractivity contribution in [1.82, 2.24) is 10.2 Å². The number of hydrogen-bond acceptors (Lipinski definition) is 3. The van der Waals surface area contributed by atoms with Crippen LogP contribution in [0.15, 0.2) is 48.5 Å². The lowest BCUT2D eigenvalue weighted by molar-refractivity contribution is -0.132. The summed E-state index contributed by atoms with van der Waals surface area (Å²) in [5.41, 5.74) is 1.30. The second kappa shape index (κ2) is 5.67. The standard InChI is InChI=1S/C19H17FN2O3/c20-14-7-5-13(6-8-14)16(23)11-22-17(24)19(21-18(22)25)10-9-12-3-1-2-4-15(12)19/h1-8,16,23H,9-11H2,(H,21,25)/t16-,19+/m0/s1. The Labute approximate surface area is 144 Å². The highest BCUT2D eigenvalue weighted by molar-refractivity contribution is 6.08. The Hall–Kier alpha value is -2.73. The summed E-state index contributed by atoms with van der Waals surface area (Å²) in [6.07, 6.45) is 0.165. The molecule has 0 unspecified atom stereocenters. The molecule has 0 radical (unpaired) electrons. The molecule has 0 saturated carbocycles. The van der Waals surface area contributed by atoms with E-state index in [9.17, 15) is 19.1 Å². The van der Waals surface area contributed by atoms with Gasteiger partial charge in [0.15, 0.2) is 0 Å². The van der Waals surface area contributed by atoms with Crippen molar-refractivity contribution in [2.75, 3.05) is 6.54 Å². The van der Waals surface area contributed by atoms with E-state index in [1.165, 1.54) is 24.3 Å². The average molecular weight is 340 g/mol. The number of nitrogens with zero attached hydrogens (tertiary/aromatic N) is 1. The molecule has 1 spiro atoms. The average Bonchev–Trinajstić information content (AvgIpc) is 3.09. The summed E-state index contributed by atoms with van der Waals surface area (Å²) in [4.78, 5) is 26.4. The van der Waals surface area contributed by atoms with Crippen molar-refractivity contribution in [1.29, 1.82) is 0 Å². The predicted octanol–water partition coefficient (Wildman–Crippen LogP) is 2.25. The molecule has 2 aromatic rings. The maximum atomic E-state index is 13.0. The largest absolute Gasteiger partial charge is 0.387 e. The van der Waals surface area contributed by atoms with Gasteiger partial charge in [0.2, 0.25) is 0 Å². The number of fused-ring (bicyclic) bond motifs is 2. The number of β-amino-alcohol motifs (C(OH)–C–C–N with tert-alkyl or cyclic N) is 1. The molecule has 25 heavy (non-hydrogen) atoms. The SMILES string of the molecule is O=C1N[C@@]2(CCc3ccccc32)C(=O)N1C[C@H](O)c1ccc(F)cc1. The Morgan fingerprint density at radius 3 is 2.64 bits per heavy atom. The first-order chi connectivity index (χ1) is 12.0. The van der Waals surface area contributed by atoms with E-state index < -0.39 is 23.5 Å². The molecule has 2 aliphatic rings. The number of aliphatic hydroxyl groups is 1. The maximum Gasteiger partial charge on any atom is 0.325 e. The third-order valence-corrected chi connectivity index (χ3v) is 5.03. The summed E-state index contributed by atoms with van der Waals surface area (Å²) in [6.45, 7) is -0.166. The third kappa shape index (κ3) is 2.41. The van der Waals surface area contributed by atoms with E-state index in [1.807, 2.05) is 24.3 Å². The number of urea groups is 1. The lowest BCUT2D eigenvalue weighted by Gasteiger charge is -2.23. The molecule has 4 rings (SSSR count). The van der Waals surface area contributed by atoms with Crippen LogP contribution in [0.3, 0.4) is 0 Å². The van der Waals surface area contributed by atoms with Crippen LogP contribution in [0.1, 0.15) is 29.2 Å². The highest BCUT2D eigenvalue weighted by Gasteiger charge is 2.55. The molecule has 1 saturated heterocycles. The summed E-state index contributed by atoms with van der Waals surface area (Å²) in [5, 5.41) is 13.2. The van der Waals surface area contributed by atoms with E-state index in [0.717, 1.165) is 22.4 Å². The first kappa shape index (κ1) is 15.8. The molecular weight excluding hydrogens is 323 g/mol. The molecule has 2 aromatic carbocycles. The van der Waals surface area contributed by atoms with Crippen molar-refractivity contribution < 1.29 is 19.1 Å². The van der Waals surface area contributed by atoms with E-state index in [4.69, 9.17) is 0 Å². The van der Waals surface area contributed by atoms with Gasteiger partial charge in [-0.05, 0) is 41.7 Å². The second-order valence-corrected chi connectivity index (χ2v) is 6.48. The van der Waals surface area contributed by atoms with Gasteiger partial charge < -0.3 is 10.4 Å². The fourth-order valence-corrected chi connectivity index (χ4v) is 3.72. The lowest BCUT2D eigenvalue weighted by Crippen LogP contribution is -2.42. The molecule has 1 aliphatic carbocycles. The Bertz CT molecular complexity index is 852. The molecule has 1 fully saturated rings. The number of benzene rings is 2. The number of rotatable bonds is 3. The lowest BCUT2D eigenvalue weighted by atomic mass is 9.92. The van der Waals surface area contributed by atoms with Crippen molar-refractivity contribution in [3.8, 4) is 0 Å². The zero-order chi connectivity index (χ0) is 17.6. The summed E-state index contributed by atoms with van der Waals surface area (Å²) in [6, 6.07) is 12.4. The normalized spacial score (nSPS) is 23.0. The van der Waals surface area contributed by atoms with Crippen molar-refractivity contribution >= 4 is 11.9 Å². The molecule has 0 aromatic heterocycles. The zero-order valence-corrected chi connectivity index (χ0v) is 13.4. The number of halogens is 1. The molecule has 2 N–H and O–H groups in total. The first-order valence-corrected chi connectivity index (χ1v) is 8.17. The molecule has 6 heteroatoms. The van der Waals surface area contributed by atoms with Gasteiger partial charge in [0.25, 0.3) is 5.91 Å². The number of amides is 3. The van der Waals surface area contributed by atoms with Gasteiger partial charge in [-0.15, -0.1) is 0 Å². The van der Waals surface area contributed by atoms with Gasteiger partial charge in [-0.1, -0.05) is 36.4 Å². The van der Waals surface area contributed by atoms with Crippen LogP contribution in [0.5, 0.6) is 0 Å². The van der Waals surface area contributed by atoms with Crippen LogP contribution in [0.2, 0.25) is 0 Å². The Balaban J connectivity index is 1.59. The van der Waals surface area contributed by atoms with Crippen molar-refractivity contribution in [2.24, 2.45) is 0 Å². The van der Waals surface area contributed by atoms with Crippen LogP contribution >= 0.6 is 0 Å². The number of carbonyl (C=O) groups excluding carboxylic acids is 2.